The Bertz CT molecular complexity index is 831. The van der Waals surface area contributed by atoms with Crippen molar-refractivity contribution in [3.8, 4) is 11.5 Å². The number of carboxylic acids is 1. The van der Waals surface area contributed by atoms with E-state index in [1.807, 2.05) is 6.92 Å². The molecule has 0 aromatic heterocycles. The van der Waals surface area contributed by atoms with Crippen molar-refractivity contribution in [1.29, 1.82) is 0 Å². The molecule has 6 nitrogen and oxygen atoms in total. The number of carboxylic acid groups (broad SMARTS) is 1. The fourth-order valence-corrected chi connectivity index (χ4v) is 2.82. The Morgan fingerprint density at radius 1 is 1.27 bits per heavy atom. The SMILES string of the molecule is CCOc1cc(C=NNc2ccc(Cl)c(Cl)c2)cc(Br)c1OCC(=O)O. The highest BCUT2D eigenvalue weighted by molar-refractivity contribution is 9.10. The number of benzene rings is 2. The normalized spacial score (nSPS) is 10.8. The predicted octanol–water partition coefficient (Wildman–Crippen LogP) is 5.06. The third-order valence-electron chi connectivity index (χ3n) is 3.00. The lowest BCUT2D eigenvalue weighted by molar-refractivity contribution is -0.139. The molecule has 0 saturated heterocycles. The first kappa shape index (κ1) is 20.4. The van der Waals surface area contributed by atoms with Crippen LogP contribution in [-0.4, -0.2) is 30.5 Å². The molecule has 0 heterocycles. The molecule has 0 amide bonds. The molecule has 0 unspecified atom stereocenters. The van der Waals surface area contributed by atoms with Crippen molar-refractivity contribution in [2.45, 2.75) is 6.92 Å². The number of hydrazone groups is 1. The molecular formula is C17H15BrCl2N2O4. The summed E-state index contributed by atoms with van der Waals surface area (Å²) in [7, 11) is 0. The Balaban J connectivity index is 2.17. The summed E-state index contributed by atoms with van der Waals surface area (Å²) < 4.78 is 11.4. The van der Waals surface area contributed by atoms with Gasteiger partial charge in [-0.15, -0.1) is 0 Å². The quantitative estimate of drug-likeness (QED) is 0.424. The Hall–Kier alpha value is -1.96. The standard InChI is InChI=1S/C17H15BrCl2N2O4/c1-2-25-15-6-10(5-12(18)17(15)26-9-16(23)24)8-21-22-11-3-4-13(19)14(20)7-11/h3-8,22H,2,9H2,1H3,(H,23,24). The third kappa shape index (κ3) is 5.79. The van der Waals surface area contributed by atoms with Gasteiger partial charge < -0.3 is 14.6 Å². The molecule has 0 radical (unpaired) electrons. The van der Waals surface area contributed by atoms with E-state index >= 15 is 0 Å². The Labute approximate surface area is 168 Å². The number of nitrogens with zero attached hydrogens (tertiary/aromatic N) is 1. The van der Waals surface area contributed by atoms with Gasteiger partial charge in [-0.1, -0.05) is 23.2 Å². The number of ether oxygens (including phenoxy) is 2. The number of anilines is 1. The molecule has 0 aliphatic heterocycles. The number of nitrogens with one attached hydrogen (secondary N) is 1. The fraction of sp³-hybridized carbons (Fsp3) is 0.176. The van der Waals surface area contributed by atoms with Gasteiger partial charge in [-0.2, -0.15) is 5.10 Å². The van der Waals surface area contributed by atoms with Crippen LogP contribution in [0.5, 0.6) is 11.5 Å². The Morgan fingerprint density at radius 3 is 2.69 bits per heavy atom. The molecule has 0 aliphatic rings. The van der Waals surface area contributed by atoms with Crippen LogP contribution in [0.3, 0.4) is 0 Å². The molecule has 0 saturated carbocycles. The molecule has 2 aromatic carbocycles. The van der Waals surface area contributed by atoms with Crippen molar-refractivity contribution in [1.82, 2.24) is 0 Å². The number of rotatable bonds is 8. The maximum absolute atomic E-state index is 10.7. The summed E-state index contributed by atoms with van der Waals surface area (Å²) in [6.45, 7) is 1.75. The van der Waals surface area contributed by atoms with E-state index in [1.165, 1.54) is 0 Å². The topological polar surface area (TPSA) is 80.1 Å². The number of halogens is 3. The monoisotopic (exact) mass is 460 g/mol. The lowest BCUT2D eigenvalue weighted by Gasteiger charge is -2.13. The number of aliphatic carboxylic acids is 1. The van der Waals surface area contributed by atoms with Gasteiger partial charge in [0.25, 0.3) is 0 Å². The van der Waals surface area contributed by atoms with Gasteiger partial charge in [0.1, 0.15) is 0 Å². The van der Waals surface area contributed by atoms with Gasteiger partial charge >= 0.3 is 5.97 Å². The summed E-state index contributed by atoms with van der Waals surface area (Å²) in [4.78, 5) is 10.7. The van der Waals surface area contributed by atoms with E-state index in [0.29, 0.717) is 38.3 Å². The van der Waals surface area contributed by atoms with E-state index in [0.717, 1.165) is 5.56 Å². The summed E-state index contributed by atoms with van der Waals surface area (Å²) in [5.74, 6) is -0.334. The van der Waals surface area contributed by atoms with Crippen molar-refractivity contribution in [3.05, 3.63) is 50.4 Å². The molecule has 2 rings (SSSR count). The molecule has 138 valence electrons. The second-order valence-corrected chi connectivity index (χ2v) is 6.61. The lowest BCUT2D eigenvalue weighted by atomic mass is 10.2. The summed E-state index contributed by atoms with van der Waals surface area (Å²) in [6.07, 6.45) is 1.58. The highest BCUT2D eigenvalue weighted by Gasteiger charge is 2.13. The van der Waals surface area contributed by atoms with E-state index in [9.17, 15) is 4.79 Å². The van der Waals surface area contributed by atoms with Crippen LogP contribution in [0.1, 0.15) is 12.5 Å². The van der Waals surface area contributed by atoms with Gasteiger partial charge in [0.05, 0.1) is 33.0 Å². The zero-order valence-electron chi connectivity index (χ0n) is 13.6. The molecule has 0 bridgehead atoms. The smallest absolute Gasteiger partial charge is 0.341 e. The first-order valence-electron chi connectivity index (χ1n) is 7.45. The van der Waals surface area contributed by atoms with Crippen LogP contribution in [-0.2, 0) is 4.79 Å². The largest absolute Gasteiger partial charge is 0.490 e. The highest BCUT2D eigenvalue weighted by atomic mass is 79.9. The second kappa shape index (κ2) is 9.66. The molecule has 9 heteroatoms. The fourth-order valence-electron chi connectivity index (χ4n) is 1.95. The Kier molecular flexibility index (Phi) is 7.56. The van der Waals surface area contributed by atoms with Gasteiger partial charge in [-0.3, -0.25) is 5.43 Å². The Morgan fingerprint density at radius 2 is 2.04 bits per heavy atom. The van der Waals surface area contributed by atoms with Crippen molar-refractivity contribution in [2.24, 2.45) is 5.10 Å². The molecule has 0 aliphatic carbocycles. The molecule has 0 spiro atoms. The number of hydrogen-bond acceptors (Lipinski definition) is 5. The van der Waals surface area contributed by atoms with Crippen LogP contribution >= 0.6 is 39.1 Å². The van der Waals surface area contributed by atoms with E-state index in [2.05, 4.69) is 26.5 Å². The van der Waals surface area contributed by atoms with Crippen LogP contribution in [0, 0.1) is 0 Å². The molecule has 2 N–H and O–H groups in total. The molecule has 2 aromatic rings. The molecule has 26 heavy (non-hydrogen) atoms. The second-order valence-electron chi connectivity index (χ2n) is 4.94. The average Bonchev–Trinajstić information content (AvgIpc) is 2.57. The predicted molar refractivity (Wildman–Crippen MR) is 106 cm³/mol. The van der Waals surface area contributed by atoms with E-state index in [4.69, 9.17) is 37.8 Å². The minimum absolute atomic E-state index is 0.323. The van der Waals surface area contributed by atoms with Crippen molar-refractivity contribution in [2.75, 3.05) is 18.6 Å². The van der Waals surface area contributed by atoms with Crippen LogP contribution in [0.25, 0.3) is 0 Å². The average molecular weight is 462 g/mol. The first-order valence-corrected chi connectivity index (χ1v) is 9.00. The van der Waals surface area contributed by atoms with Gasteiger partial charge in [0.2, 0.25) is 0 Å². The van der Waals surface area contributed by atoms with E-state index in [-0.39, 0.29) is 0 Å². The van der Waals surface area contributed by atoms with Crippen molar-refractivity contribution in [3.63, 3.8) is 0 Å². The summed E-state index contributed by atoms with van der Waals surface area (Å²) in [6, 6.07) is 8.51. The number of carbonyl (C=O) groups is 1. The van der Waals surface area contributed by atoms with Gasteiger partial charge in [0, 0.05) is 0 Å². The molecular weight excluding hydrogens is 447 g/mol. The maximum atomic E-state index is 10.7. The minimum atomic E-state index is -1.07. The van der Waals surface area contributed by atoms with Crippen LogP contribution in [0.4, 0.5) is 5.69 Å². The van der Waals surface area contributed by atoms with Crippen LogP contribution in [0.2, 0.25) is 10.0 Å². The summed E-state index contributed by atoms with van der Waals surface area (Å²) >= 11 is 15.2. The molecule has 0 fully saturated rings. The lowest BCUT2D eigenvalue weighted by Crippen LogP contribution is -2.11. The van der Waals surface area contributed by atoms with Crippen molar-refractivity contribution < 1.29 is 19.4 Å². The molecule has 0 atom stereocenters. The highest BCUT2D eigenvalue weighted by Crippen LogP contribution is 2.36. The van der Waals surface area contributed by atoms with E-state index in [1.54, 1.807) is 36.5 Å². The van der Waals surface area contributed by atoms with Crippen molar-refractivity contribution >= 4 is 57.0 Å². The third-order valence-corrected chi connectivity index (χ3v) is 4.33. The van der Waals surface area contributed by atoms with Crippen LogP contribution in [0.15, 0.2) is 39.9 Å². The minimum Gasteiger partial charge on any atom is -0.490 e. The zero-order chi connectivity index (χ0) is 19.1. The van der Waals surface area contributed by atoms with Crippen LogP contribution < -0.4 is 14.9 Å². The summed E-state index contributed by atoms with van der Waals surface area (Å²) in [5.41, 5.74) is 4.25. The van der Waals surface area contributed by atoms with E-state index < -0.39 is 12.6 Å². The summed E-state index contributed by atoms with van der Waals surface area (Å²) in [5, 5.41) is 13.8. The van der Waals surface area contributed by atoms with Gasteiger partial charge in [0.15, 0.2) is 18.1 Å². The van der Waals surface area contributed by atoms with Gasteiger partial charge in [-0.05, 0) is 58.7 Å². The first-order chi connectivity index (χ1) is 12.4. The zero-order valence-corrected chi connectivity index (χ0v) is 16.7. The maximum Gasteiger partial charge on any atom is 0.341 e. The number of hydrogen-bond donors (Lipinski definition) is 2. The van der Waals surface area contributed by atoms with Gasteiger partial charge in [-0.25, -0.2) is 4.79 Å².